The summed E-state index contributed by atoms with van der Waals surface area (Å²) in [4.78, 5) is 26.8. The van der Waals surface area contributed by atoms with Crippen LogP contribution in [0.5, 0.6) is 11.5 Å². The van der Waals surface area contributed by atoms with Crippen molar-refractivity contribution in [3.05, 3.63) is 144 Å². The summed E-state index contributed by atoms with van der Waals surface area (Å²) >= 11 is 0. The molecule has 1 saturated heterocycles. The van der Waals surface area contributed by atoms with E-state index in [1.54, 1.807) is 25.6 Å². The molecule has 4 heterocycles. The van der Waals surface area contributed by atoms with Crippen molar-refractivity contribution in [1.29, 1.82) is 0 Å². The van der Waals surface area contributed by atoms with Crippen LogP contribution in [0.25, 0.3) is 11.2 Å². The first-order valence-electron chi connectivity index (χ1n) is 18.8. The number of fused-ring (bicyclic) bond motifs is 3. The van der Waals surface area contributed by atoms with E-state index in [1.807, 2.05) is 77.4 Å². The van der Waals surface area contributed by atoms with Crippen molar-refractivity contribution < 1.29 is 28.1 Å². The number of nitrogens with zero attached hydrogens (tertiary/aromatic N) is 5. The maximum atomic E-state index is 13.1. The molecular weight excluding hydrogens is 727 g/mol. The van der Waals surface area contributed by atoms with Gasteiger partial charge in [-0.2, -0.15) is 0 Å². The van der Waals surface area contributed by atoms with E-state index in [2.05, 4.69) is 76.9 Å². The van der Waals surface area contributed by atoms with Crippen LogP contribution in [0.2, 0.25) is 0 Å². The van der Waals surface area contributed by atoms with Crippen LogP contribution < -0.4 is 10.1 Å². The summed E-state index contributed by atoms with van der Waals surface area (Å²) in [6.45, 7) is 8.74. The Morgan fingerprint density at radius 1 is 0.875 bits per heavy atom. The molecule has 2 aliphatic rings. The number of carbonyl (C=O) groups excluding carboxylic acids is 1. The zero-order valence-electron chi connectivity index (χ0n) is 32.0. The van der Waals surface area contributed by atoms with Gasteiger partial charge in [0.25, 0.3) is 14.4 Å². The molecule has 1 unspecified atom stereocenters. The van der Waals surface area contributed by atoms with Gasteiger partial charge in [0.2, 0.25) is 0 Å². The van der Waals surface area contributed by atoms with Gasteiger partial charge < -0.3 is 28.6 Å². The molecule has 4 aromatic carbocycles. The Kier molecular flexibility index (Phi) is 10.9. The molecule has 2 aliphatic heterocycles. The highest BCUT2D eigenvalue weighted by atomic mass is 31.2. The first-order chi connectivity index (χ1) is 27.3. The molecule has 1 amide bonds. The van der Waals surface area contributed by atoms with E-state index < -0.39 is 32.6 Å². The first kappa shape index (κ1) is 37.8. The average molecular weight is 773 g/mol. The van der Waals surface area contributed by atoms with Gasteiger partial charge >= 0.3 is 0 Å². The number of carbonyl (C=O) groups is 1. The topological polar surface area (TPSA) is 122 Å². The fraction of sp³-hybridized carbons (Fsp3) is 0.302. The van der Waals surface area contributed by atoms with Crippen molar-refractivity contribution in [3.8, 4) is 11.5 Å². The fourth-order valence-electron chi connectivity index (χ4n) is 7.76. The van der Waals surface area contributed by atoms with Gasteiger partial charge in [-0.15, -0.1) is 0 Å². The van der Waals surface area contributed by atoms with Crippen molar-refractivity contribution in [1.82, 2.24) is 24.2 Å². The Morgan fingerprint density at radius 3 is 2.14 bits per heavy atom. The van der Waals surface area contributed by atoms with Crippen LogP contribution in [0, 0.1) is 0 Å². The average Bonchev–Trinajstić information content (AvgIpc) is 3.84. The minimum atomic E-state index is -1.42. The molecule has 0 radical (unpaired) electrons. The molecule has 0 saturated carbocycles. The van der Waals surface area contributed by atoms with Crippen LogP contribution in [0.3, 0.4) is 0 Å². The quantitative estimate of drug-likeness (QED) is 0.114. The zero-order valence-corrected chi connectivity index (χ0v) is 32.9. The number of imidazole rings is 1. The number of aromatic nitrogens is 4. The predicted molar refractivity (Wildman–Crippen MR) is 214 cm³/mol. The molecule has 0 bridgehead atoms. The highest BCUT2D eigenvalue weighted by molar-refractivity contribution is 7.44. The molecule has 0 spiro atoms. The summed E-state index contributed by atoms with van der Waals surface area (Å²) in [6, 6.07) is 35.7. The third-order valence-electron chi connectivity index (χ3n) is 10.1. The van der Waals surface area contributed by atoms with Gasteiger partial charge in [0, 0.05) is 42.3 Å². The number of para-hydroxylation sites is 2. The minimum Gasteiger partial charge on any atom is -0.457 e. The SMILES string of the molecule is COP(OC[C@H]1O[C@@H](n2cnc3c(NC(=O)c4ccccc4)ncnc32)C[C@@H]1OC1(c2ccccc2)c2ccccc2Oc2ccccc21)N(C(C)C)C(C)C. The number of ether oxygens (including phenoxy) is 3. The van der Waals surface area contributed by atoms with E-state index in [4.69, 9.17) is 23.3 Å². The molecular formula is C43H45N6O6P. The summed E-state index contributed by atoms with van der Waals surface area (Å²) in [5.74, 6) is 1.44. The summed E-state index contributed by atoms with van der Waals surface area (Å²) in [5.41, 5.74) is 3.13. The van der Waals surface area contributed by atoms with Crippen molar-refractivity contribution in [2.24, 2.45) is 0 Å². The molecule has 288 valence electrons. The number of anilines is 1. The number of amides is 1. The molecule has 8 rings (SSSR count). The molecule has 1 N–H and O–H groups in total. The van der Waals surface area contributed by atoms with Crippen LogP contribution >= 0.6 is 8.53 Å². The Labute approximate surface area is 327 Å². The zero-order chi connectivity index (χ0) is 38.8. The molecule has 0 aliphatic carbocycles. The normalized spacial score (nSPS) is 19.2. The largest absolute Gasteiger partial charge is 0.457 e. The molecule has 6 aromatic rings. The smallest absolute Gasteiger partial charge is 0.259 e. The Balaban J connectivity index is 1.19. The van der Waals surface area contributed by atoms with E-state index in [0.29, 0.717) is 40.5 Å². The van der Waals surface area contributed by atoms with E-state index in [-0.39, 0.29) is 24.6 Å². The highest BCUT2D eigenvalue weighted by Crippen LogP contribution is 2.54. The summed E-state index contributed by atoms with van der Waals surface area (Å²) in [5, 5.41) is 2.91. The number of rotatable bonds is 13. The molecule has 56 heavy (non-hydrogen) atoms. The maximum Gasteiger partial charge on any atom is 0.259 e. The summed E-state index contributed by atoms with van der Waals surface area (Å²) in [7, 11) is 0.264. The lowest BCUT2D eigenvalue weighted by molar-refractivity contribution is -0.0989. The van der Waals surface area contributed by atoms with Gasteiger partial charge in [0.1, 0.15) is 30.2 Å². The third kappa shape index (κ3) is 7.09. The van der Waals surface area contributed by atoms with Crippen molar-refractivity contribution in [2.75, 3.05) is 19.0 Å². The van der Waals surface area contributed by atoms with E-state index >= 15 is 0 Å². The van der Waals surface area contributed by atoms with Crippen LogP contribution in [0.4, 0.5) is 5.82 Å². The lowest BCUT2D eigenvalue weighted by atomic mass is 9.77. The number of hydrogen-bond acceptors (Lipinski definition) is 10. The van der Waals surface area contributed by atoms with Crippen LogP contribution in [-0.2, 0) is 24.1 Å². The molecule has 2 aromatic heterocycles. The maximum absolute atomic E-state index is 13.1. The van der Waals surface area contributed by atoms with Crippen LogP contribution in [-0.4, -0.2) is 68.1 Å². The van der Waals surface area contributed by atoms with Gasteiger partial charge in [0.05, 0.1) is 19.0 Å². The second-order valence-corrected chi connectivity index (χ2v) is 15.9. The Bertz CT molecular complexity index is 2240. The van der Waals surface area contributed by atoms with E-state index in [0.717, 1.165) is 16.7 Å². The fourth-order valence-corrected chi connectivity index (χ4v) is 9.21. The molecule has 4 atom stereocenters. The van der Waals surface area contributed by atoms with Crippen LogP contribution in [0.1, 0.15) is 67.4 Å². The number of benzene rings is 4. The van der Waals surface area contributed by atoms with Crippen LogP contribution in [0.15, 0.2) is 122 Å². The van der Waals surface area contributed by atoms with Crippen molar-refractivity contribution >= 4 is 31.4 Å². The molecule has 13 heteroatoms. The van der Waals surface area contributed by atoms with Crippen molar-refractivity contribution in [2.45, 2.75) is 70.2 Å². The monoisotopic (exact) mass is 772 g/mol. The van der Waals surface area contributed by atoms with Gasteiger partial charge in [0.15, 0.2) is 22.6 Å². The van der Waals surface area contributed by atoms with E-state index in [1.165, 1.54) is 6.33 Å². The Morgan fingerprint density at radius 2 is 1.50 bits per heavy atom. The lowest BCUT2D eigenvalue weighted by Gasteiger charge is -2.43. The molecule has 1 fully saturated rings. The second-order valence-electron chi connectivity index (χ2n) is 14.3. The predicted octanol–water partition coefficient (Wildman–Crippen LogP) is 8.86. The van der Waals surface area contributed by atoms with Crippen molar-refractivity contribution in [3.63, 3.8) is 0 Å². The highest BCUT2D eigenvalue weighted by Gasteiger charge is 2.50. The van der Waals surface area contributed by atoms with Gasteiger partial charge in [-0.05, 0) is 57.5 Å². The number of hydrogen-bond donors (Lipinski definition) is 1. The lowest BCUT2D eigenvalue weighted by Crippen LogP contribution is -2.42. The number of nitrogens with one attached hydrogen (secondary N) is 1. The first-order valence-corrected chi connectivity index (χ1v) is 20.0. The summed E-state index contributed by atoms with van der Waals surface area (Å²) in [6.07, 6.45) is 1.93. The second kappa shape index (κ2) is 16.2. The van der Waals surface area contributed by atoms with Gasteiger partial charge in [-0.25, -0.2) is 19.6 Å². The molecule has 12 nitrogen and oxygen atoms in total. The van der Waals surface area contributed by atoms with Gasteiger partial charge in [-0.3, -0.25) is 9.36 Å². The Hall–Kier alpha value is -5.07. The van der Waals surface area contributed by atoms with Gasteiger partial charge in [-0.1, -0.05) is 84.9 Å². The standard InChI is InChI=1S/C43H45N6O6P/c1-28(2)49(29(3)4)56(51-5)52-25-37-36(24-38(54-37)48-27-46-39-40(44-26-45-41(39)48)47-42(50)30-16-8-6-9-17-30)55-43(31-18-10-7-11-19-31)32-20-12-14-22-34(32)53-35-23-15-13-21-33(35)43/h6-23,26-29,36-38H,24-25H2,1-5H3,(H,44,45,47,50)/t36-,37+,38+,56?/m0/s1. The minimum absolute atomic E-state index is 0.190. The van der Waals surface area contributed by atoms with E-state index in [9.17, 15) is 4.79 Å². The summed E-state index contributed by atoms with van der Waals surface area (Å²) < 4.78 is 37.8. The third-order valence-corrected chi connectivity index (χ3v) is 12.1.